The molecule has 1 unspecified atom stereocenters. The van der Waals surface area contributed by atoms with Gasteiger partial charge in [0.1, 0.15) is 32.9 Å². The number of aliphatic carboxylic acids is 1. The van der Waals surface area contributed by atoms with Gasteiger partial charge in [-0.25, -0.2) is 9.59 Å². The molecule has 1 atom stereocenters. The van der Waals surface area contributed by atoms with Crippen LogP contribution in [0.1, 0.15) is 113 Å². The number of carboxylic acids is 2. The Morgan fingerprint density at radius 2 is 1.02 bits per heavy atom. The number of unbranched alkanes of at least 4 members (excludes halogenated alkanes) is 12. The van der Waals surface area contributed by atoms with Crippen LogP contribution in [0.5, 0.6) is 5.75 Å². The molecule has 0 bridgehead atoms. The first-order valence-electron chi connectivity index (χ1n) is 21.7. The van der Waals surface area contributed by atoms with E-state index in [9.17, 15) is 33.9 Å². The van der Waals surface area contributed by atoms with E-state index in [-0.39, 0.29) is 75.9 Å². The number of carbonyl (C=O) groups excluding carboxylic acids is 4. The molecule has 17 nitrogen and oxygen atoms in total. The van der Waals surface area contributed by atoms with Crippen LogP contribution in [-0.2, 0) is 42.9 Å². The highest BCUT2D eigenvalue weighted by Crippen LogP contribution is 2.15. The molecule has 4 amide bonds. The van der Waals surface area contributed by atoms with Gasteiger partial charge < -0.3 is 55.2 Å². The van der Waals surface area contributed by atoms with Crippen molar-refractivity contribution in [3.05, 3.63) is 29.8 Å². The van der Waals surface area contributed by atoms with Gasteiger partial charge in [0.15, 0.2) is 0 Å². The van der Waals surface area contributed by atoms with Gasteiger partial charge in [0.25, 0.3) is 0 Å². The van der Waals surface area contributed by atoms with E-state index in [1.54, 1.807) is 32.1 Å². The molecule has 60 heavy (non-hydrogen) atoms. The third-order valence-electron chi connectivity index (χ3n) is 9.21. The van der Waals surface area contributed by atoms with Gasteiger partial charge in [-0.15, -0.1) is 0 Å². The Morgan fingerprint density at radius 3 is 1.57 bits per heavy atom. The monoisotopic (exact) mass is 851 g/mol. The number of carbonyl (C=O) groups is 6. The van der Waals surface area contributed by atoms with Gasteiger partial charge in [0.05, 0.1) is 51.8 Å². The molecule has 340 valence electrons. The Bertz CT molecular complexity index is 1320. The Balaban J connectivity index is 1.81. The molecule has 0 saturated carbocycles. The highest BCUT2D eigenvalue weighted by atomic mass is 16.5. The molecule has 0 heterocycles. The summed E-state index contributed by atoms with van der Waals surface area (Å²) < 4.78 is 27.0. The van der Waals surface area contributed by atoms with E-state index in [1.165, 1.54) is 44.9 Å². The first-order valence-corrected chi connectivity index (χ1v) is 21.7. The summed E-state index contributed by atoms with van der Waals surface area (Å²) in [6, 6.07) is 5.47. The van der Waals surface area contributed by atoms with Crippen molar-refractivity contribution in [2.45, 2.75) is 115 Å². The number of ether oxygens (including phenoxy) is 5. The minimum Gasteiger partial charge on any atom is -0.494 e. The predicted molar refractivity (Wildman–Crippen MR) is 228 cm³/mol. The smallest absolute Gasteiger partial charge is 0.335 e. The maximum atomic E-state index is 12.1. The Kier molecular flexibility index (Phi) is 33.8. The third-order valence-corrected chi connectivity index (χ3v) is 9.21. The predicted octanol–water partition coefficient (Wildman–Crippen LogP) is 3.04. The molecule has 0 aliphatic rings. The van der Waals surface area contributed by atoms with E-state index >= 15 is 0 Å². The number of hydrogen-bond acceptors (Lipinski definition) is 11. The summed E-state index contributed by atoms with van der Waals surface area (Å²) in [5.41, 5.74) is 0.261. The van der Waals surface area contributed by atoms with E-state index in [0.29, 0.717) is 64.2 Å². The van der Waals surface area contributed by atoms with E-state index in [4.69, 9.17) is 28.8 Å². The summed E-state index contributed by atoms with van der Waals surface area (Å²) in [5, 5.41) is 29.0. The Morgan fingerprint density at radius 1 is 0.517 bits per heavy atom. The zero-order valence-electron chi connectivity index (χ0n) is 35.8. The minimum absolute atomic E-state index is 0.0252. The summed E-state index contributed by atoms with van der Waals surface area (Å²) in [6.07, 6.45) is 16.1. The standard InChI is InChI=1S/C42H71BN4O13/c43-31-38(49)44-21-13-12-15-36(42(54)55)47-40(51)33-59-30-28-57-26-23-46-39(50)32-58-29-27-56-25-22-45-37(48)16-11-9-7-5-3-1-2-4-6-8-10-14-24-60-35-19-17-34(18-20-35)41(52)53/h17-20,36H,1-16,21-33,43H2,(H,44,49)(H,45,48)(H,46,50)(H,47,51)(H,52,53)(H,54,55). The van der Waals surface area contributed by atoms with Crippen molar-refractivity contribution in [2.24, 2.45) is 0 Å². The van der Waals surface area contributed by atoms with Gasteiger partial charge in [-0.1, -0.05) is 64.2 Å². The Hall–Kier alpha value is -4.26. The number of aromatic carboxylic acids is 1. The largest absolute Gasteiger partial charge is 0.494 e. The maximum absolute atomic E-state index is 12.1. The van der Waals surface area contributed by atoms with Crippen LogP contribution in [0.4, 0.5) is 0 Å². The summed E-state index contributed by atoms with van der Waals surface area (Å²) in [5.74, 6) is -2.25. The quantitative estimate of drug-likeness (QED) is 0.0411. The molecule has 1 aromatic carbocycles. The SMILES string of the molecule is BCC(=O)NCCCCC(NC(=O)COCCOCCNC(=O)COCCOCCNC(=O)CCCCCCCCCCCCCCOc1ccc(C(=O)O)cc1)C(=O)O. The number of nitrogens with one attached hydrogen (secondary N) is 4. The molecule has 6 N–H and O–H groups in total. The maximum Gasteiger partial charge on any atom is 0.335 e. The van der Waals surface area contributed by atoms with Crippen LogP contribution in [0, 0.1) is 0 Å². The van der Waals surface area contributed by atoms with E-state index < -0.39 is 23.9 Å². The highest BCUT2D eigenvalue weighted by Gasteiger charge is 2.19. The fourth-order valence-corrected chi connectivity index (χ4v) is 5.79. The van der Waals surface area contributed by atoms with Crippen LogP contribution in [0.3, 0.4) is 0 Å². The van der Waals surface area contributed by atoms with Gasteiger partial charge in [-0.2, -0.15) is 0 Å². The molecule has 0 aliphatic carbocycles. The lowest BCUT2D eigenvalue weighted by Gasteiger charge is -2.14. The van der Waals surface area contributed by atoms with Crippen molar-refractivity contribution in [1.82, 2.24) is 21.3 Å². The van der Waals surface area contributed by atoms with Crippen molar-refractivity contribution >= 4 is 43.4 Å². The zero-order chi connectivity index (χ0) is 43.9. The number of rotatable bonds is 41. The average molecular weight is 851 g/mol. The molecule has 0 aromatic heterocycles. The second-order valence-electron chi connectivity index (χ2n) is 14.4. The molecule has 0 aliphatic heterocycles. The van der Waals surface area contributed by atoms with Crippen LogP contribution < -0.4 is 26.0 Å². The minimum atomic E-state index is -1.13. The van der Waals surface area contributed by atoms with E-state index in [2.05, 4.69) is 21.3 Å². The lowest BCUT2D eigenvalue weighted by atomic mass is 10.0. The first kappa shape index (κ1) is 53.8. The van der Waals surface area contributed by atoms with Crippen molar-refractivity contribution in [1.29, 1.82) is 0 Å². The number of benzene rings is 1. The third kappa shape index (κ3) is 32.6. The van der Waals surface area contributed by atoms with Crippen LogP contribution in [0.25, 0.3) is 0 Å². The van der Waals surface area contributed by atoms with E-state index in [0.717, 1.165) is 32.1 Å². The normalized spacial score (nSPS) is 11.4. The fourth-order valence-electron chi connectivity index (χ4n) is 5.79. The Labute approximate surface area is 356 Å². The first-order chi connectivity index (χ1) is 29.1. The fraction of sp³-hybridized carbons (Fsp3) is 0.714. The molecular weight excluding hydrogens is 779 g/mol. The molecule has 0 spiro atoms. The van der Waals surface area contributed by atoms with Crippen LogP contribution in [-0.4, -0.2) is 139 Å². The molecule has 0 fully saturated rings. The molecule has 1 rings (SSSR count). The molecule has 0 saturated heterocycles. The number of hydrogen-bond donors (Lipinski definition) is 6. The number of amides is 4. The topological polar surface area (TPSA) is 237 Å². The van der Waals surface area contributed by atoms with Gasteiger partial charge in [-0.3, -0.25) is 19.2 Å². The van der Waals surface area contributed by atoms with Gasteiger partial charge >= 0.3 is 11.9 Å². The summed E-state index contributed by atoms with van der Waals surface area (Å²) >= 11 is 0. The van der Waals surface area contributed by atoms with Gasteiger partial charge in [0, 0.05) is 26.1 Å². The van der Waals surface area contributed by atoms with E-state index in [1.807, 2.05) is 0 Å². The molecular formula is C42H71BN4O13. The summed E-state index contributed by atoms with van der Waals surface area (Å²) in [6.45, 7) is 2.78. The molecule has 1 aromatic rings. The molecule has 0 radical (unpaired) electrons. The van der Waals surface area contributed by atoms with Crippen LogP contribution in [0.15, 0.2) is 24.3 Å². The van der Waals surface area contributed by atoms with Gasteiger partial charge in [0.2, 0.25) is 23.6 Å². The second kappa shape index (κ2) is 37.7. The van der Waals surface area contributed by atoms with Crippen molar-refractivity contribution in [3.8, 4) is 5.75 Å². The molecule has 18 heteroatoms. The average Bonchev–Trinajstić information content (AvgIpc) is 3.23. The lowest BCUT2D eigenvalue weighted by Crippen LogP contribution is -2.42. The highest BCUT2D eigenvalue weighted by molar-refractivity contribution is 6.19. The van der Waals surface area contributed by atoms with Crippen LogP contribution >= 0.6 is 0 Å². The van der Waals surface area contributed by atoms with Crippen molar-refractivity contribution < 1.29 is 62.7 Å². The zero-order valence-corrected chi connectivity index (χ0v) is 35.8. The van der Waals surface area contributed by atoms with Gasteiger partial charge in [-0.05, 0) is 62.7 Å². The summed E-state index contributed by atoms with van der Waals surface area (Å²) in [4.78, 5) is 69.6. The summed E-state index contributed by atoms with van der Waals surface area (Å²) in [7, 11) is 1.75. The second-order valence-corrected chi connectivity index (χ2v) is 14.4. The van der Waals surface area contributed by atoms with Crippen molar-refractivity contribution in [3.63, 3.8) is 0 Å². The lowest BCUT2D eigenvalue weighted by molar-refractivity contribution is -0.142. The number of carboxylic acid groups (broad SMARTS) is 2. The van der Waals surface area contributed by atoms with Crippen molar-refractivity contribution in [2.75, 3.05) is 79.1 Å². The van der Waals surface area contributed by atoms with Crippen LogP contribution in [0.2, 0.25) is 6.32 Å².